The van der Waals surface area contributed by atoms with Crippen molar-refractivity contribution in [2.45, 2.75) is 45.4 Å². The van der Waals surface area contributed by atoms with Crippen LogP contribution in [0.1, 0.15) is 43.1 Å². The van der Waals surface area contributed by atoms with Gasteiger partial charge in [0, 0.05) is 87.7 Å². The largest absolute Gasteiger partial charge is 0.372 e. The Balaban J connectivity index is 1.57. The number of pyridine rings is 1. The lowest BCUT2D eigenvalue weighted by molar-refractivity contribution is -0.00572. The van der Waals surface area contributed by atoms with E-state index in [9.17, 15) is 18.4 Å². The van der Waals surface area contributed by atoms with Crippen molar-refractivity contribution in [2.24, 2.45) is 7.05 Å². The number of nitrogens with zero attached hydrogens (tertiary/aromatic N) is 6. The number of anilines is 3. The van der Waals surface area contributed by atoms with E-state index in [2.05, 4.69) is 20.2 Å². The van der Waals surface area contributed by atoms with Crippen molar-refractivity contribution in [1.82, 2.24) is 19.4 Å². The first-order valence-corrected chi connectivity index (χ1v) is 14.3. The summed E-state index contributed by atoms with van der Waals surface area (Å²) in [6, 6.07) is 1.82. The number of alkyl halides is 2. The normalized spacial score (nSPS) is 21.2. The monoisotopic (exact) mass is 617 g/mol. The van der Waals surface area contributed by atoms with Crippen LogP contribution < -0.4 is 20.7 Å². The first-order chi connectivity index (χ1) is 20.8. The standard InChI is InChI=1S/C30H35F4N7O3/c1-16-12-40(7-6-38(16)4)23-9-22(31)25(19-10-35-30(36-11-19)41-13-17(2)44-18(3)14-41)26(32)27(23)37-29(43)21-15-39(5)24(42)8-20(21)28(33)34/h8-11,15-18,28H,6-7,12-14H2,1-5H3,(H,37,43)/t16-,17-,18-/m0/s1. The molecule has 3 aromatic rings. The number of halogens is 4. The first kappa shape index (κ1) is 31.4. The summed E-state index contributed by atoms with van der Waals surface area (Å²) in [5.74, 6) is -2.70. The number of benzene rings is 1. The van der Waals surface area contributed by atoms with Gasteiger partial charge in [-0.2, -0.15) is 0 Å². The zero-order valence-corrected chi connectivity index (χ0v) is 25.2. The number of carbonyl (C=O) groups is 1. The Hall–Kier alpha value is -4.04. The highest BCUT2D eigenvalue weighted by Gasteiger charge is 2.30. The minimum atomic E-state index is -3.13. The third kappa shape index (κ3) is 6.27. The van der Waals surface area contributed by atoms with Crippen molar-refractivity contribution in [3.63, 3.8) is 0 Å². The average molecular weight is 618 g/mol. The highest BCUT2D eigenvalue weighted by Crippen LogP contribution is 2.39. The van der Waals surface area contributed by atoms with E-state index in [-0.39, 0.29) is 35.2 Å². The number of aromatic nitrogens is 3. The van der Waals surface area contributed by atoms with Crippen molar-refractivity contribution >= 4 is 23.2 Å². The van der Waals surface area contributed by atoms with Gasteiger partial charge >= 0.3 is 0 Å². The van der Waals surface area contributed by atoms with Crippen LogP contribution >= 0.6 is 0 Å². The number of hydrogen-bond acceptors (Lipinski definition) is 8. The van der Waals surface area contributed by atoms with Gasteiger partial charge in [0.05, 0.1) is 29.0 Å². The van der Waals surface area contributed by atoms with E-state index < -0.39 is 46.2 Å². The minimum Gasteiger partial charge on any atom is -0.372 e. The second-order valence-electron chi connectivity index (χ2n) is 11.5. The molecule has 5 rings (SSSR count). The molecule has 4 heterocycles. The lowest BCUT2D eigenvalue weighted by atomic mass is 10.0. The molecule has 10 nitrogen and oxygen atoms in total. The summed E-state index contributed by atoms with van der Waals surface area (Å²) in [6.45, 7) is 8.30. The summed E-state index contributed by atoms with van der Waals surface area (Å²) in [7, 11) is 3.24. The highest BCUT2D eigenvalue weighted by atomic mass is 19.3. The molecule has 2 fully saturated rings. The molecule has 1 N–H and O–H groups in total. The molecule has 2 aliphatic heterocycles. The first-order valence-electron chi connectivity index (χ1n) is 14.3. The van der Waals surface area contributed by atoms with Crippen LogP contribution in [0.25, 0.3) is 11.1 Å². The van der Waals surface area contributed by atoms with Crippen LogP contribution in [0.2, 0.25) is 0 Å². The van der Waals surface area contributed by atoms with Gasteiger partial charge in [-0.25, -0.2) is 27.5 Å². The molecule has 2 aromatic heterocycles. The molecule has 0 unspecified atom stereocenters. The summed E-state index contributed by atoms with van der Waals surface area (Å²) in [6.07, 6.45) is 0.346. The SMILES string of the molecule is C[C@H]1CN(c2ncc(-c3c(F)cc(N4CCN(C)[C@@H](C)C4)c(NC(=O)c4cn(C)c(=O)cc4C(F)F)c3F)cn2)C[C@H](C)O1. The fourth-order valence-electron chi connectivity index (χ4n) is 5.66. The fraction of sp³-hybridized carbons (Fsp3) is 0.467. The lowest BCUT2D eigenvalue weighted by Gasteiger charge is -2.39. The van der Waals surface area contributed by atoms with E-state index in [0.717, 1.165) is 16.8 Å². The maximum atomic E-state index is 16.5. The van der Waals surface area contributed by atoms with Crippen LogP contribution in [0.15, 0.2) is 35.5 Å². The van der Waals surface area contributed by atoms with Crippen LogP contribution in [-0.2, 0) is 11.8 Å². The summed E-state index contributed by atoms with van der Waals surface area (Å²) in [4.78, 5) is 39.9. The Bertz CT molecular complexity index is 1590. The Morgan fingerprint density at radius 1 is 1.00 bits per heavy atom. The molecule has 236 valence electrons. The summed E-state index contributed by atoms with van der Waals surface area (Å²) >= 11 is 0. The van der Waals surface area contributed by atoms with Gasteiger partial charge in [-0.3, -0.25) is 9.59 Å². The van der Waals surface area contributed by atoms with Crippen molar-refractivity contribution in [3.05, 3.63) is 63.8 Å². The van der Waals surface area contributed by atoms with Crippen molar-refractivity contribution in [2.75, 3.05) is 54.9 Å². The van der Waals surface area contributed by atoms with Crippen LogP contribution in [0.5, 0.6) is 0 Å². The van der Waals surface area contributed by atoms with Gasteiger partial charge in [-0.15, -0.1) is 0 Å². The minimum absolute atomic E-state index is 0.0266. The van der Waals surface area contributed by atoms with E-state index in [1.54, 1.807) is 4.90 Å². The second kappa shape index (κ2) is 12.5. The lowest BCUT2D eigenvalue weighted by Crippen LogP contribution is -2.50. The van der Waals surface area contributed by atoms with Gasteiger partial charge in [0.1, 0.15) is 11.5 Å². The van der Waals surface area contributed by atoms with Gasteiger partial charge in [0.25, 0.3) is 17.9 Å². The van der Waals surface area contributed by atoms with Crippen molar-refractivity contribution < 1.29 is 27.1 Å². The quantitative estimate of drug-likeness (QED) is 0.414. The average Bonchev–Trinajstić information content (AvgIpc) is 2.96. The summed E-state index contributed by atoms with van der Waals surface area (Å²) in [5, 5.41) is 2.42. The van der Waals surface area contributed by atoms with Gasteiger partial charge in [0.2, 0.25) is 5.95 Å². The molecule has 0 spiro atoms. The van der Waals surface area contributed by atoms with Gasteiger partial charge in [0.15, 0.2) is 5.82 Å². The van der Waals surface area contributed by atoms with E-state index >= 15 is 8.78 Å². The molecule has 3 atom stereocenters. The van der Waals surface area contributed by atoms with Crippen LogP contribution in [0.3, 0.4) is 0 Å². The molecule has 1 aromatic carbocycles. The maximum Gasteiger partial charge on any atom is 0.264 e. The van der Waals surface area contributed by atoms with E-state index in [1.807, 2.05) is 32.7 Å². The fourth-order valence-corrected chi connectivity index (χ4v) is 5.66. The number of aryl methyl sites for hydroxylation is 1. The van der Waals surface area contributed by atoms with Gasteiger partial charge in [-0.1, -0.05) is 0 Å². The Morgan fingerprint density at radius 3 is 2.27 bits per heavy atom. The second-order valence-corrected chi connectivity index (χ2v) is 11.5. The van der Waals surface area contributed by atoms with Gasteiger partial charge in [-0.05, 0) is 27.8 Å². The summed E-state index contributed by atoms with van der Waals surface area (Å²) in [5.41, 5.74) is -2.79. The highest BCUT2D eigenvalue weighted by molar-refractivity contribution is 6.07. The van der Waals surface area contributed by atoms with E-state index in [1.165, 1.54) is 19.4 Å². The molecule has 2 aliphatic rings. The number of piperazine rings is 1. The number of amides is 1. The third-order valence-corrected chi connectivity index (χ3v) is 8.11. The molecular formula is C30H35F4N7O3. The molecule has 1 amide bonds. The van der Waals surface area contributed by atoms with Crippen molar-refractivity contribution in [1.29, 1.82) is 0 Å². The summed E-state index contributed by atoms with van der Waals surface area (Å²) < 4.78 is 66.6. The predicted octanol–water partition coefficient (Wildman–Crippen LogP) is 4.06. The molecular weight excluding hydrogens is 582 g/mol. The number of likely N-dealkylation sites (N-methyl/N-ethyl adjacent to an activating group) is 1. The molecule has 0 aliphatic carbocycles. The molecule has 0 radical (unpaired) electrons. The molecule has 2 saturated heterocycles. The number of rotatable bonds is 6. The van der Waals surface area contributed by atoms with Crippen molar-refractivity contribution in [3.8, 4) is 11.1 Å². The van der Waals surface area contributed by atoms with Gasteiger partial charge < -0.3 is 29.3 Å². The Morgan fingerprint density at radius 2 is 1.66 bits per heavy atom. The topological polar surface area (TPSA) is 95.8 Å². The smallest absolute Gasteiger partial charge is 0.264 e. The Labute approximate surface area is 252 Å². The van der Waals surface area contributed by atoms with E-state index in [0.29, 0.717) is 44.7 Å². The van der Waals surface area contributed by atoms with E-state index in [4.69, 9.17) is 4.74 Å². The molecule has 14 heteroatoms. The predicted molar refractivity (Wildman–Crippen MR) is 159 cm³/mol. The number of ether oxygens (including phenoxy) is 1. The maximum absolute atomic E-state index is 16.5. The van der Waals surface area contributed by atoms with Crippen LogP contribution in [0.4, 0.5) is 34.9 Å². The molecule has 0 saturated carbocycles. The number of morpholine rings is 1. The number of hydrogen-bond donors (Lipinski definition) is 1. The zero-order valence-electron chi connectivity index (χ0n) is 25.2. The number of carbonyl (C=O) groups excluding carboxylic acids is 1. The van der Waals surface area contributed by atoms with Crippen LogP contribution in [-0.4, -0.2) is 83.4 Å². The Kier molecular flexibility index (Phi) is 8.93. The van der Waals surface area contributed by atoms with Crippen LogP contribution in [0, 0.1) is 11.6 Å². The third-order valence-electron chi connectivity index (χ3n) is 8.11. The molecule has 0 bridgehead atoms. The molecule has 44 heavy (non-hydrogen) atoms. The zero-order chi connectivity index (χ0) is 31.9. The number of nitrogens with one attached hydrogen (secondary N) is 1.